The van der Waals surface area contributed by atoms with Gasteiger partial charge in [-0.05, 0) is 12.8 Å². The lowest BCUT2D eigenvalue weighted by Crippen LogP contribution is -2.14. The van der Waals surface area contributed by atoms with Crippen molar-refractivity contribution in [3.8, 4) is 0 Å². The van der Waals surface area contributed by atoms with Crippen LogP contribution in [0.4, 0.5) is 4.79 Å². The highest BCUT2D eigenvalue weighted by Crippen LogP contribution is 2.05. The van der Waals surface area contributed by atoms with Gasteiger partial charge in [-0.15, -0.1) is 0 Å². The van der Waals surface area contributed by atoms with Gasteiger partial charge < -0.3 is 4.74 Å². The molecule has 1 atom stereocenters. The minimum absolute atomic E-state index is 0.171. The number of hydrogen-bond donors (Lipinski definition) is 0. The van der Waals surface area contributed by atoms with E-state index in [0.29, 0.717) is 0 Å². The van der Waals surface area contributed by atoms with Crippen LogP contribution in [0.15, 0.2) is 0 Å². The zero-order chi connectivity index (χ0) is 7.98. The number of carbonyl (C=O) groups excluding carboxylic acids is 1. The Morgan fingerprint density at radius 1 is 1.50 bits per heavy atom. The molecule has 59 valence electrons. The van der Waals surface area contributed by atoms with Crippen molar-refractivity contribution in [2.75, 3.05) is 0 Å². The van der Waals surface area contributed by atoms with Gasteiger partial charge in [-0.3, -0.25) is 0 Å². The van der Waals surface area contributed by atoms with Gasteiger partial charge in [-0.1, -0.05) is 20.3 Å². The first-order valence-electron chi connectivity index (χ1n) is 3.58. The van der Waals surface area contributed by atoms with Crippen molar-refractivity contribution in [2.45, 2.75) is 39.2 Å². The fraction of sp³-hybridized carbons (Fsp3) is 0.857. The summed E-state index contributed by atoms with van der Waals surface area (Å²) in [6.07, 6.45) is 0.855. The molecule has 1 radical (unpaired) electrons. The van der Waals surface area contributed by atoms with Crippen molar-refractivity contribution >= 4 is 6.16 Å². The van der Waals surface area contributed by atoms with Crippen LogP contribution in [0.5, 0.6) is 0 Å². The highest BCUT2D eigenvalue weighted by Gasteiger charge is 2.10. The highest BCUT2D eigenvalue weighted by molar-refractivity contribution is 5.56. The summed E-state index contributed by atoms with van der Waals surface area (Å²) in [5.41, 5.74) is 0. The van der Waals surface area contributed by atoms with Gasteiger partial charge in [0.05, 0.1) is 0 Å². The molecular formula is C7H13O3. The average Bonchev–Trinajstić information content (AvgIpc) is 1.86. The van der Waals surface area contributed by atoms with E-state index >= 15 is 0 Å². The lowest BCUT2D eigenvalue weighted by Gasteiger charge is -2.10. The third kappa shape index (κ3) is 4.18. The van der Waals surface area contributed by atoms with Crippen LogP contribution in [0, 0.1) is 0 Å². The molecule has 0 saturated carbocycles. The zero-order valence-electron chi connectivity index (χ0n) is 6.42. The second-order valence-electron chi connectivity index (χ2n) is 2.19. The van der Waals surface area contributed by atoms with Crippen molar-refractivity contribution < 1.29 is 14.6 Å². The molecule has 0 aromatic carbocycles. The van der Waals surface area contributed by atoms with E-state index in [1.807, 2.05) is 13.8 Å². The van der Waals surface area contributed by atoms with Gasteiger partial charge in [0.25, 0.3) is 0 Å². The van der Waals surface area contributed by atoms with Gasteiger partial charge in [0.2, 0.25) is 0 Å². The van der Waals surface area contributed by atoms with Crippen LogP contribution in [0.3, 0.4) is 0 Å². The molecule has 1 unspecified atom stereocenters. The summed E-state index contributed by atoms with van der Waals surface area (Å²) >= 11 is 0. The fourth-order valence-corrected chi connectivity index (χ4v) is 0.804. The lowest BCUT2D eigenvalue weighted by molar-refractivity contribution is 0.0275. The summed E-state index contributed by atoms with van der Waals surface area (Å²) in [7, 11) is 0. The highest BCUT2D eigenvalue weighted by atomic mass is 16.7. The minimum Gasteiger partial charge on any atom is -0.428 e. The molecule has 0 N–H and O–H groups in total. The van der Waals surface area contributed by atoms with Crippen LogP contribution < -0.4 is 0 Å². The third-order valence-electron chi connectivity index (χ3n) is 1.33. The van der Waals surface area contributed by atoms with Gasteiger partial charge >= 0.3 is 6.16 Å². The Hall–Kier alpha value is -0.730. The normalized spacial score (nSPS) is 12.6. The third-order valence-corrected chi connectivity index (χ3v) is 1.33. The van der Waals surface area contributed by atoms with Crippen LogP contribution in [-0.2, 0) is 9.84 Å². The van der Waals surface area contributed by atoms with E-state index in [0.717, 1.165) is 19.3 Å². The first kappa shape index (κ1) is 9.27. The number of ether oxygens (including phenoxy) is 1. The second-order valence-corrected chi connectivity index (χ2v) is 2.19. The number of carbonyl (C=O) groups is 1. The van der Waals surface area contributed by atoms with E-state index in [1.54, 1.807) is 0 Å². The maximum absolute atomic E-state index is 9.91. The van der Waals surface area contributed by atoms with Gasteiger partial charge in [-0.25, -0.2) is 0 Å². The second kappa shape index (κ2) is 5.09. The molecule has 3 heteroatoms. The molecule has 0 fully saturated rings. The summed E-state index contributed by atoms with van der Waals surface area (Å²) in [6, 6.07) is 0. The van der Waals surface area contributed by atoms with Crippen molar-refractivity contribution in [3.05, 3.63) is 0 Å². The molecule has 0 aliphatic heterocycles. The molecular weight excluding hydrogens is 132 g/mol. The van der Waals surface area contributed by atoms with Crippen molar-refractivity contribution in [3.63, 3.8) is 0 Å². The molecule has 0 heterocycles. The molecule has 0 bridgehead atoms. The summed E-state index contributed by atoms with van der Waals surface area (Å²) < 4.78 is 4.45. The number of hydrogen-bond acceptors (Lipinski definition) is 2. The molecule has 3 nitrogen and oxygen atoms in total. The van der Waals surface area contributed by atoms with Gasteiger partial charge in [-0.2, -0.15) is 9.90 Å². The maximum atomic E-state index is 9.91. The van der Waals surface area contributed by atoms with Crippen molar-refractivity contribution in [1.29, 1.82) is 0 Å². The smallest absolute Gasteiger partial charge is 0.428 e. The quantitative estimate of drug-likeness (QED) is 0.569. The topological polar surface area (TPSA) is 46.2 Å². The summed E-state index contributed by atoms with van der Waals surface area (Å²) in [5, 5.41) is 9.91. The molecule has 0 amide bonds. The fourth-order valence-electron chi connectivity index (χ4n) is 0.804. The van der Waals surface area contributed by atoms with Crippen LogP contribution in [0.1, 0.15) is 33.1 Å². The standard InChI is InChI=1S/C7H13O3/c1-3-5-6(4-2)10-7(8)9/h6H,3-5H2,1-2H3. The van der Waals surface area contributed by atoms with Crippen molar-refractivity contribution in [2.24, 2.45) is 0 Å². The Morgan fingerprint density at radius 2 is 2.10 bits per heavy atom. The van der Waals surface area contributed by atoms with Crippen LogP contribution in [0.2, 0.25) is 0 Å². The Labute approximate surface area is 61.0 Å². The summed E-state index contributed by atoms with van der Waals surface area (Å²) in [6.45, 7) is 3.88. The lowest BCUT2D eigenvalue weighted by atomic mass is 10.2. The van der Waals surface area contributed by atoms with Crippen LogP contribution >= 0.6 is 0 Å². The molecule has 0 spiro atoms. The largest absolute Gasteiger partial charge is 0.550 e. The Kier molecular flexibility index (Phi) is 4.72. The molecule has 0 aromatic rings. The van der Waals surface area contributed by atoms with E-state index in [4.69, 9.17) is 0 Å². The summed E-state index contributed by atoms with van der Waals surface area (Å²) in [5.74, 6) is 0. The van der Waals surface area contributed by atoms with Crippen LogP contribution in [-0.4, -0.2) is 12.3 Å². The Bertz CT molecular complexity index is 101. The minimum atomic E-state index is -1.42. The molecule has 0 aromatic heterocycles. The van der Waals surface area contributed by atoms with E-state index in [9.17, 15) is 9.90 Å². The SMILES string of the molecule is CCCC(CC)OC([O])=O. The predicted molar refractivity (Wildman–Crippen MR) is 36.2 cm³/mol. The van der Waals surface area contributed by atoms with E-state index in [1.165, 1.54) is 0 Å². The molecule has 0 aliphatic carbocycles. The average molecular weight is 145 g/mol. The van der Waals surface area contributed by atoms with Crippen LogP contribution in [0.25, 0.3) is 0 Å². The van der Waals surface area contributed by atoms with E-state index < -0.39 is 6.16 Å². The van der Waals surface area contributed by atoms with Gasteiger partial charge in [0.1, 0.15) is 6.10 Å². The van der Waals surface area contributed by atoms with Gasteiger partial charge in [0.15, 0.2) is 0 Å². The number of rotatable bonds is 4. The molecule has 0 rings (SSSR count). The van der Waals surface area contributed by atoms with Gasteiger partial charge in [0, 0.05) is 0 Å². The van der Waals surface area contributed by atoms with E-state index in [2.05, 4.69) is 4.74 Å². The Balaban J connectivity index is 3.49. The molecule has 10 heavy (non-hydrogen) atoms. The predicted octanol–water partition coefficient (Wildman–Crippen LogP) is 2.13. The molecule has 0 saturated heterocycles. The first-order valence-corrected chi connectivity index (χ1v) is 3.58. The van der Waals surface area contributed by atoms with Crippen molar-refractivity contribution in [1.82, 2.24) is 0 Å². The summed E-state index contributed by atoms with van der Waals surface area (Å²) in [4.78, 5) is 9.91. The molecule has 0 aliphatic rings. The maximum Gasteiger partial charge on any atom is 0.550 e. The Morgan fingerprint density at radius 3 is 2.40 bits per heavy atom. The monoisotopic (exact) mass is 145 g/mol. The van der Waals surface area contributed by atoms with E-state index in [-0.39, 0.29) is 6.10 Å². The first-order chi connectivity index (χ1) is 4.70. The zero-order valence-corrected chi connectivity index (χ0v) is 6.42.